The van der Waals surface area contributed by atoms with Gasteiger partial charge in [0.25, 0.3) is 0 Å². The average Bonchev–Trinajstić information content (AvgIpc) is 2.33. The second kappa shape index (κ2) is 5.52. The van der Waals surface area contributed by atoms with Crippen molar-refractivity contribution >= 4 is 25.2 Å². The van der Waals surface area contributed by atoms with E-state index in [1.165, 1.54) is 14.2 Å². The summed E-state index contributed by atoms with van der Waals surface area (Å²) in [6.07, 6.45) is 0. The van der Waals surface area contributed by atoms with Gasteiger partial charge in [-0.15, -0.1) is 0 Å². The van der Waals surface area contributed by atoms with E-state index in [0.29, 0.717) is 5.56 Å². The van der Waals surface area contributed by atoms with E-state index < -0.39 is 17.9 Å². The van der Waals surface area contributed by atoms with Crippen LogP contribution in [0.25, 0.3) is 0 Å². The first-order valence-corrected chi connectivity index (χ1v) is 5.24. The number of ether oxygens (including phenoxy) is 2. The number of benzene rings is 1. The molecule has 17 heavy (non-hydrogen) atoms. The van der Waals surface area contributed by atoms with Crippen molar-refractivity contribution in [2.45, 2.75) is 12.8 Å². The van der Waals surface area contributed by atoms with Crippen molar-refractivity contribution < 1.29 is 19.1 Å². The molecule has 0 N–H and O–H groups in total. The lowest BCUT2D eigenvalue weighted by atomic mass is 9.87. The molecular formula is C12H15BO4. The molecule has 0 aliphatic carbocycles. The van der Waals surface area contributed by atoms with Gasteiger partial charge in [-0.05, 0) is 12.5 Å². The van der Waals surface area contributed by atoms with Crippen LogP contribution in [0, 0.1) is 6.92 Å². The normalized spacial score (nSPS) is 10.1. The summed E-state index contributed by atoms with van der Waals surface area (Å²) in [6.45, 7) is 1.92. The zero-order chi connectivity index (χ0) is 13.0. The van der Waals surface area contributed by atoms with Gasteiger partial charge in [-0.3, -0.25) is 9.59 Å². The molecule has 0 saturated carbocycles. The Balaban J connectivity index is 3.17. The van der Waals surface area contributed by atoms with Gasteiger partial charge in [0, 0.05) is 0 Å². The summed E-state index contributed by atoms with van der Waals surface area (Å²) in [5.74, 6) is -2.23. The van der Waals surface area contributed by atoms with Gasteiger partial charge in [-0.1, -0.05) is 29.2 Å². The molecule has 0 atom stereocenters. The van der Waals surface area contributed by atoms with Crippen LogP contribution >= 0.6 is 0 Å². The van der Waals surface area contributed by atoms with E-state index in [1.807, 2.05) is 20.8 Å². The third kappa shape index (κ3) is 2.87. The second-order valence-electron chi connectivity index (χ2n) is 3.82. The largest absolute Gasteiger partial charge is 0.468 e. The van der Waals surface area contributed by atoms with Crippen molar-refractivity contribution in [2.24, 2.45) is 0 Å². The van der Waals surface area contributed by atoms with Crippen molar-refractivity contribution in [2.75, 3.05) is 14.2 Å². The highest BCUT2D eigenvalue weighted by molar-refractivity contribution is 6.33. The minimum absolute atomic E-state index is 0.590. The zero-order valence-electron chi connectivity index (χ0n) is 10.4. The molecule has 0 saturated heterocycles. The monoisotopic (exact) mass is 234 g/mol. The lowest BCUT2D eigenvalue weighted by Gasteiger charge is -2.14. The van der Waals surface area contributed by atoms with Crippen molar-refractivity contribution in [1.29, 1.82) is 0 Å². The van der Waals surface area contributed by atoms with E-state index >= 15 is 0 Å². The quantitative estimate of drug-likeness (QED) is 0.408. The first kappa shape index (κ1) is 13.3. The summed E-state index contributed by atoms with van der Waals surface area (Å²) in [5.41, 5.74) is 2.70. The Morgan fingerprint density at radius 1 is 1.18 bits per heavy atom. The van der Waals surface area contributed by atoms with E-state index in [4.69, 9.17) is 0 Å². The lowest BCUT2D eigenvalue weighted by molar-refractivity contribution is -0.154. The molecule has 1 aromatic rings. The number of carbonyl (C=O) groups is 2. The Bertz CT molecular complexity index is 426. The van der Waals surface area contributed by atoms with Crippen LogP contribution in [0.4, 0.5) is 0 Å². The number of rotatable bonds is 3. The molecule has 0 aliphatic rings. The van der Waals surface area contributed by atoms with Gasteiger partial charge in [0.15, 0.2) is 5.92 Å². The summed E-state index contributed by atoms with van der Waals surface area (Å²) in [4.78, 5) is 23.2. The molecule has 4 nitrogen and oxygen atoms in total. The number of methoxy groups -OCH3 is 2. The molecule has 0 amide bonds. The van der Waals surface area contributed by atoms with E-state index in [1.54, 1.807) is 12.1 Å². The number of carbonyl (C=O) groups excluding carboxylic acids is 2. The van der Waals surface area contributed by atoms with Gasteiger partial charge in [0.1, 0.15) is 7.85 Å². The number of aryl methyl sites for hydroxylation is 1. The second-order valence-corrected chi connectivity index (χ2v) is 3.82. The summed E-state index contributed by atoms with van der Waals surface area (Å²) in [7, 11) is 4.46. The van der Waals surface area contributed by atoms with Gasteiger partial charge in [-0.2, -0.15) is 0 Å². The van der Waals surface area contributed by atoms with E-state index in [0.717, 1.165) is 11.0 Å². The maximum atomic E-state index is 11.6. The molecule has 0 unspecified atom stereocenters. The summed E-state index contributed by atoms with van der Waals surface area (Å²) >= 11 is 0. The Hall–Kier alpha value is -1.78. The molecule has 0 spiro atoms. The molecule has 0 bridgehead atoms. The number of esters is 2. The van der Waals surface area contributed by atoms with Crippen molar-refractivity contribution in [1.82, 2.24) is 0 Å². The first-order valence-electron chi connectivity index (χ1n) is 5.24. The Morgan fingerprint density at radius 3 is 2.12 bits per heavy atom. The SMILES string of the molecule is Bc1ccc(C(C(=O)OC)C(=O)OC)cc1C. The van der Waals surface area contributed by atoms with Gasteiger partial charge < -0.3 is 9.47 Å². The van der Waals surface area contributed by atoms with Gasteiger partial charge in [0.05, 0.1) is 14.2 Å². The van der Waals surface area contributed by atoms with Gasteiger partial charge in [-0.25, -0.2) is 0 Å². The Labute approximate surface area is 101 Å². The molecule has 1 rings (SSSR count). The summed E-state index contributed by atoms with van der Waals surface area (Å²) in [5, 5.41) is 0. The van der Waals surface area contributed by atoms with Crippen LogP contribution in [-0.4, -0.2) is 34.0 Å². The maximum Gasteiger partial charge on any atom is 0.324 e. The molecule has 5 heteroatoms. The Kier molecular flexibility index (Phi) is 4.32. The molecule has 0 aliphatic heterocycles. The van der Waals surface area contributed by atoms with Crippen LogP contribution in [0.3, 0.4) is 0 Å². The molecule has 0 radical (unpaired) electrons. The molecule has 90 valence electrons. The standard InChI is InChI=1S/C12H15BO4/c1-7-6-8(4-5-9(7)13)10(11(14)16-2)12(15)17-3/h4-6,10H,13H2,1-3H3. The molecule has 0 heterocycles. The smallest absolute Gasteiger partial charge is 0.324 e. The van der Waals surface area contributed by atoms with Crippen LogP contribution < -0.4 is 5.46 Å². The van der Waals surface area contributed by atoms with Crippen LogP contribution in [-0.2, 0) is 19.1 Å². The van der Waals surface area contributed by atoms with Crippen molar-refractivity contribution in [3.05, 3.63) is 29.3 Å². The highest BCUT2D eigenvalue weighted by atomic mass is 16.5. The lowest BCUT2D eigenvalue weighted by Crippen LogP contribution is -2.25. The van der Waals surface area contributed by atoms with Crippen molar-refractivity contribution in [3.8, 4) is 0 Å². The van der Waals surface area contributed by atoms with Gasteiger partial charge in [0.2, 0.25) is 0 Å². The minimum Gasteiger partial charge on any atom is -0.468 e. The summed E-state index contributed by atoms with van der Waals surface area (Å²) in [6, 6.07) is 5.40. The van der Waals surface area contributed by atoms with Crippen LogP contribution in [0.15, 0.2) is 18.2 Å². The van der Waals surface area contributed by atoms with Crippen molar-refractivity contribution in [3.63, 3.8) is 0 Å². The average molecular weight is 234 g/mol. The predicted molar refractivity (Wildman–Crippen MR) is 66.1 cm³/mol. The minimum atomic E-state index is -1.01. The topological polar surface area (TPSA) is 52.6 Å². The van der Waals surface area contributed by atoms with Gasteiger partial charge >= 0.3 is 11.9 Å². The molecular weight excluding hydrogens is 219 g/mol. The third-order valence-electron chi connectivity index (χ3n) is 2.74. The fraction of sp³-hybridized carbons (Fsp3) is 0.333. The van der Waals surface area contributed by atoms with Crippen LogP contribution in [0.2, 0.25) is 0 Å². The number of hydrogen-bond acceptors (Lipinski definition) is 4. The fourth-order valence-corrected chi connectivity index (χ4v) is 1.55. The third-order valence-corrected chi connectivity index (χ3v) is 2.74. The predicted octanol–water partition coefficient (Wildman–Crippen LogP) is -0.317. The van der Waals surface area contributed by atoms with E-state index in [2.05, 4.69) is 9.47 Å². The first-order chi connectivity index (χ1) is 8.01. The number of hydrogen-bond donors (Lipinski definition) is 0. The molecule has 0 fully saturated rings. The van der Waals surface area contributed by atoms with E-state index in [-0.39, 0.29) is 0 Å². The zero-order valence-corrected chi connectivity index (χ0v) is 10.4. The Morgan fingerprint density at radius 2 is 1.71 bits per heavy atom. The van der Waals surface area contributed by atoms with E-state index in [9.17, 15) is 9.59 Å². The summed E-state index contributed by atoms with van der Waals surface area (Å²) < 4.78 is 9.24. The van der Waals surface area contributed by atoms with Crippen LogP contribution in [0.5, 0.6) is 0 Å². The fourth-order valence-electron chi connectivity index (χ4n) is 1.55. The van der Waals surface area contributed by atoms with Crippen LogP contribution in [0.1, 0.15) is 17.0 Å². The maximum absolute atomic E-state index is 11.6. The highest BCUT2D eigenvalue weighted by Crippen LogP contribution is 2.19. The molecule has 1 aromatic carbocycles. The molecule has 0 aromatic heterocycles. The highest BCUT2D eigenvalue weighted by Gasteiger charge is 2.30.